The fraction of sp³-hybridized carbons (Fsp3) is 0.600. The second-order valence-corrected chi connectivity index (χ2v) is 7.49. The van der Waals surface area contributed by atoms with Crippen molar-refractivity contribution < 1.29 is 8.42 Å². The van der Waals surface area contributed by atoms with Crippen molar-refractivity contribution in [3.8, 4) is 0 Å². The predicted octanol–water partition coefficient (Wildman–Crippen LogP) is 2.46. The summed E-state index contributed by atoms with van der Waals surface area (Å²) in [7, 11) is -3.03. The van der Waals surface area contributed by atoms with Gasteiger partial charge in [0.1, 0.15) is 0 Å². The Hall–Kier alpha value is -0.870. The molecule has 1 aliphatic heterocycles. The molecule has 0 aromatic heterocycles. The van der Waals surface area contributed by atoms with Crippen LogP contribution in [0, 0.1) is 5.92 Å². The lowest BCUT2D eigenvalue weighted by molar-refractivity contribution is 0.267. The Labute approximate surface area is 116 Å². The highest BCUT2D eigenvalue weighted by Crippen LogP contribution is 2.22. The van der Waals surface area contributed by atoms with Gasteiger partial charge in [0.15, 0.2) is 0 Å². The molecule has 1 aliphatic rings. The van der Waals surface area contributed by atoms with Gasteiger partial charge >= 0.3 is 0 Å². The van der Waals surface area contributed by atoms with Gasteiger partial charge in [-0.1, -0.05) is 31.2 Å². The third kappa shape index (κ3) is 4.05. The van der Waals surface area contributed by atoms with E-state index in [-0.39, 0.29) is 0 Å². The molecular formula is C15H23NO2S. The summed E-state index contributed by atoms with van der Waals surface area (Å²) in [5, 5.41) is 0. The van der Waals surface area contributed by atoms with Crippen LogP contribution in [0.25, 0.3) is 0 Å². The molecular weight excluding hydrogens is 258 g/mol. The van der Waals surface area contributed by atoms with Crippen LogP contribution in [0.1, 0.15) is 30.9 Å². The summed E-state index contributed by atoms with van der Waals surface area (Å²) in [6, 6.07) is 8.65. The van der Waals surface area contributed by atoms with E-state index >= 15 is 0 Å². The monoisotopic (exact) mass is 281 g/mol. The van der Waals surface area contributed by atoms with E-state index in [0.29, 0.717) is 19.0 Å². The number of benzene rings is 1. The first kappa shape index (κ1) is 14.5. The van der Waals surface area contributed by atoms with Crippen molar-refractivity contribution in [1.29, 1.82) is 0 Å². The molecule has 0 aliphatic carbocycles. The standard InChI is InChI=1S/C15H23NO2S/c1-3-13-6-4-7-14(10-13)11-15-8-5-9-16(12-15)19(2,17)18/h4,6-7,10,15H,3,5,8-9,11-12H2,1-2H3. The zero-order valence-corrected chi connectivity index (χ0v) is 12.6. The van der Waals surface area contributed by atoms with Gasteiger partial charge in [-0.3, -0.25) is 0 Å². The third-order valence-corrected chi connectivity index (χ3v) is 5.14. The van der Waals surface area contributed by atoms with Gasteiger partial charge in [-0.25, -0.2) is 12.7 Å². The Balaban J connectivity index is 2.02. The molecule has 0 saturated carbocycles. The van der Waals surface area contributed by atoms with E-state index in [4.69, 9.17) is 0 Å². The normalized spacial score (nSPS) is 21.5. The van der Waals surface area contributed by atoms with Crippen molar-refractivity contribution in [3.05, 3.63) is 35.4 Å². The fourth-order valence-corrected chi connectivity index (χ4v) is 3.75. The van der Waals surface area contributed by atoms with E-state index in [0.717, 1.165) is 25.7 Å². The van der Waals surface area contributed by atoms with Crippen molar-refractivity contribution in [3.63, 3.8) is 0 Å². The Bertz CT molecular complexity index is 525. The van der Waals surface area contributed by atoms with E-state index in [1.54, 1.807) is 4.31 Å². The largest absolute Gasteiger partial charge is 0.213 e. The number of hydrogen-bond donors (Lipinski definition) is 0. The van der Waals surface area contributed by atoms with Crippen molar-refractivity contribution in [1.82, 2.24) is 4.31 Å². The van der Waals surface area contributed by atoms with Crippen molar-refractivity contribution in [2.75, 3.05) is 19.3 Å². The summed E-state index contributed by atoms with van der Waals surface area (Å²) in [6.45, 7) is 3.52. The first-order valence-electron chi connectivity index (χ1n) is 7.02. The van der Waals surface area contributed by atoms with E-state index in [1.807, 2.05) is 0 Å². The minimum Gasteiger partial charge on any atom is -0.213 e. The number of aryl methyl sites for hydroxylation is 1. The van der Waals surface area contributed by atoms with Gasteiger partial charge in [-0.05, 0) is 42.7 Å². The molecule has 19 heavy (non-hydrogen) atoms. The molecule has 0 amide bonds. The second-order valence-electron chi connectivity index (χ2n) is 5.51. The van der Waals surface area contributed by atoms with Crippen LogP contribution in [0.15, 0.2) is 24.3 Å². The number of piperidine rings is 1. The molecule has 1 aromatic rings. The highest BCUT2D eigenvalue weighted by molar-refractivity contribution is 7.88. The molecule has 0 radical (unpaired) electrons. The van der Waals surface area contributed by atoms with E-state index < -0.39 is 10.0 Å². The first-order chi connectivity index (χ1) is 8.99. The quantitative estimate of drug-likeness (QED) is 0.850. The lowest BCUT2D eigenvalue weighted by atomic mass is 9.91. The molecule has 0 N–H and O–H groups in total. The molecule has 0 spiro atoms. The Kier molecular flexibility index (Phi) is 4.63. The highest BCUT2D eigenvalue weighted by Gasteiger charge is 2.25. The Morgan fingerprint density at radius 3 is 2.74 bits per heavy atom. The van der Waals surface area contributed by atoms with E-state index in [2.05, 4.69) is 31.2 Å². The van der Waals surface area contributed by atoms with Gasteiger partial charge in [0, 0.05) is 13.1 Å². The van der Waals surface area contributed by atoms with Crippen LogP contribution in [0.2, 0.25) is 0 Å². The highest BCUT2D eigenvalue weighted by atomic mass is 32.2. The maximum Gasteiger partial charge on any atom is 0.211 e. The van der Waals surface area contributed by atoms with Crippen LogP contribution in [0.3, 0.4) is 0 Å². The third-order valence-electron chi connectivity index (χ3n) is 3.87. The summed E-state index contributed by atoms with van der Waals surface area (Å²) in [5.74, 6) is 0.454. The molecule has 106 valence electrons. The van der Waals surface area contributed by atoms with Crippen LogP contribution < -0.4 is 0 Å². The van der Waals surface area contributed by atoms with Gasteiger partial charge in [0.05, 0.1) is 6.26 Å². The summed E-state index contributed by atoms with van der Waals surface area (Å²) in [6.07, 6.45) is 5.45. The molecule has 1 saturated heterocycles. The number of sulfonamides is 1. The summed E-state index contributed by atoms with van der Waals surface area (Å²) >= 11 is 0. The molecule has 1 unspecified atom stereocenters. The van der Waals surface area contributed by atoms with Crippen molar-refractivity contribution in [2.45, 2.75) is 32.6 Å². The Morgan fingerprint density at radius 2 is 2.05 bits per heavy atom. The van der Waals surface area contributed by atoms with Gasteiger partial charge < -0.3 is 0 Å². The van der Waals surface area contributed by atoms with Crippen LogP contribution in [0.4, 0.5) is 0 Å². The lowest BCUT2D eigenvalue weighted by Crippen LogP contribution is -2.39. The van der Waals surface area contributed by atoms with Crippen LogP contribution in [-0.2, 0) is 22.9 Å². The van der Waals surface area contributed by atoms with Crippen LogP contribution in [0.5, 0.6) is 0 Å². The molecule has 1 fully saturated rings. The summed E-state index contributed by atoms with van der Waals surface area (Å²) < 4.78 is 24.9. The predicted molar refractivity (Wildman–Crippen MR) is 78.7 cm³/mol. The van der Waals surface area contributed by atoms with Crippen LogP contribution >= 0.6 is 0 Å². The van der Waals surface area contributed by atoms with Crippen molar-refractivity contribution >= 4 is 10.0 Å². The lowest BCUT2D eigenvalue weighted by Gasteiger charge is -2.31. The first-order valence-corrected chi connectivity index (χ1v) is 8.87. The van der Waals surface area contributed by atoms with Gasteiger partial charge in [-0.2, -0.15) is 0 Å². The van der Waals surface area contributed by atoms with E-state index in [9.17, 15) is 8.42 Å². The smallest absolute Gasteiger partial charge is 0.211 e. The number of rotatable bonds is 4. The zero-order valence-electron chi connectivity index (χ0n) is 11.8. The zero-order chi connectivity index (χ0) is 13.9. The van der Waals surface area contributed by atoms with Crippen LogP contribution in [-0.4, -0.2) is 32.1 Å². The topological polar surface area (TPSA) is 37.4 Å². The summed E-state index contributed by atoms with van der Waals surface area (Å²) in [4.78, 5) is 0. The Morgan fingerprint density at radius 1 is 1.32 bits per heavy atom. The average molecular weight is 281 g/mol. The van der Waals surface area contributed by atoms with Crippen molar-refractivity contribution in [2.24, 2.45) is 5.92 Å². The molecule has 1 heterocycles. The SMILES string of the molecule is CCc1cccc(CC2CCCN(S(C)(=O)=O)C2)c1. The molecule has 3 nitrogen and oxygen atoms in total. The average Bonchev–Trinajstić information content (AvgIpc) is 2.38. The maximum absolute atomic E-state index is 11.6. The van der Waals surface area contributed by atoms with E-state index in [1.165, 1.54) is 17.4 Å². The number of nitrogens with zero attached hydrogens (tertiary/aromatic N) is 1. The minimum absolute atomic E-state index is 0.454. The maximum atomic E-state index is 11.6. The molecule has 2 rings (SSSR count). The second kappa shape index (κ2) is 6.06. The molecule has 4 heteroatoms. The summed E-state index contributed by atoms with van der Waals surface area (Å²) in [5.41, 5.74) is 2.69. The van der Waals surface area contributed by atoms with Gasteiger partial charge in [-0.15, -0.1) is 0 Å². The van der Waals surface area contributed by atoms with Gasteiger partial charge in [0.25, 0.3) is 0 Å². The molecule has 0 bridgehead atoms. The van der Waals surface area contributed by atoms with Gasteiger partial charge in [0.2, 0.25) is 10.0 Å². The number of hydrogen-bond acceptors (Lipinski definition) is 2. The molecule has 1 atom stereocenters. The molecule has 1 aromatic carbocycles. The minimum atomic E-state index is -3.03. The fourth-order valence-electron chi connectivity index (χ4n) is 2.80.